The molecule has 0 spiro atoms. The van der Waals surface area contributed by atoms with Gasteiger partial charge in [-0.05, 0) is 30.7 Å². The summed E-state index contributed by atoms with van der Waals surface area (Å²) in [5.74, 6) is -0.483. The molecule has 0 aliphatic carbocycles. The number of aliphatic hydroxyl groups is 1. The van der Waals surface area contributed by atoms with Crippen LogP contribution in [0.2, 0.25) is 0 Å². The van der Waals surface area contributed by atoms with E-state index < -0.39 is 23.8 Å². The molecular formula is C16H16F2N2O2. The van der Waals surface area contributed by atoms with Gasteiger partial charge in [0, 0.05) is 25.2 Å². The minimum atomic E-state index is -0.664. The summed E-state index contributed by atoms with van der Waals surface area (Å²) in [4.78, 5) is 13.5. The molecule has 1 saturated heterocycles. The van der Waals surface area contributed by atoms with E-state index in [1.807, 2.05) is 0 Å². The lowest BCUT2D eigenvalue weighted by atomic mass is 10.0. The molecule has 116 valence electrons. The lowest BCUT2D eigenvalue weighted by molar-refractivity contribution is 0.194. The third-order valence-corrected chi connectivity index (χ3v) is 4.05. The molecule has 1 aromatic carbocycles. The summed E-state index contributed by atoms with van der Waals surface area (Å²) in [5.41, 5.74) is -0.00907. The van der Waals surface area contributed by atoms with Crippen molar-refractivity contribution in [2.45, 2.75) is 18.6 Å². The Labute approximate surface area is 126 Å². The highest BCUT2D eigenvalue weighted by molar-refractivity contribution is 5.46. The Morgan fingerprint density at radius 3 is 2.77 bits per heavy atom. The number of benzene rings is 1. The molecule has 1 aliphatic heterocycles. The van der Waals surface area contributed by atoms with Gasteiger partial charge in [-0.25, -0.2) is 8.78 Å². The largest absolute Gasteiger partial charge is 0.391 e. The summed E-state index contributed by atoms with van der Waals surface area (Å²) in [6.07, 6.45) is -0.383. The SMILES string of the molecule is Cn1c(N2C[C@H](O)C[C@H]2c2cc(F)ccc2F)cccc1=O. The number of hydrogen-bond donors (Lipinski definition) is 1. The van der Waals surface area contributed by atoms with Crippen LogP contribution in [0.15, 0.2) is 41.2 Å². The van der Waals surface area contributed by atoms with Gasteiger partial charge in [-0.15, -0.1) is 0 Å². The fraction of sp³-hybridized carbons (Fsp3) is 0.312. The molecule has 0 amide bonds. The molecule has 1 N–H and O–H groups in total. The first-order valence-corrected chi connectivity index (χ1v) is 7.03. The van der Waals surface area contributed by atoms with Gasteiger partial charge in [-0.3, -0.25) is 9.36 Å². The Balaban J connectivity index is 2.08. The summed E-state index contributed by atoms with van der Waals surface area (Å²) in [5, 5.41) is 9.97. The summed E-state index contributed by atoms with van der Waals surface area (Å²) in [6, 6.07) is 7.54. The maximum Gasteiger partial charge on any atom is 0.251 e. The van der Waals surface area contributed by atoms with Crippen molar-refractivity contribution >= 4 is 5.82 Å². The number of hydrogen-bond acceptors (Lipinski definition) is 3. The zero-order valence-corrected chi connectivity index (χ0v) is 12.0. The number of β-amino-alcohol motifs (C(OH)–C–C–N with tert-alkyl or cyclic N) is 1. The van der Waals surface area contributed by atoms with Crippen LogP contribution in [0.3, 0.4) is 0 Å². The van der Waals surface area contributed by atoms with Crippen LogP contribution < -0.4 is 10.5 Å². The summed E-state index contributed by atoms with van der Waals surface area (Å²) >= 11 is 0. The van der Waals surface area contributed by atoms with E-state index in [1.165, 1.54) is 10.6 Å². The van der Waals surface area contributed by atoms with Crippen molar-refractivity contribution in [1.29, 1.82) is 0 Å². The zero-order valence-electron chi connectivity index (χ0n) is 12.0. The number of anilines is 1. The molecule has 0 unspecified atom stereocenters. The van der Waals surface area contributed by atoms with E-state index in [0.29, 0.717) is 5.82 Å². The van der Waals surface area contributed by atoms with Crippen LogP contribution in [0.1, 0.15) is 18.0 Å². The first kappa shape index (κ1) is 14.7. The van der Waals surface area contributed by atoms with Crippen molar-refractivity contribution in [2.24, 2.45) is 7.05 Å². The molecule has 2 aromatic rings. The van der Waals surface area contributed by atoms with E-state index in [2.05, 4.69) is 0 Å². The van der Waals surface area contributed by atoms with Gasteiger partial charge in [0.2, 0.25) is 0 Å². The van der Waals surface area contributed by atoms with E-state index in [1.54, 1.807) is 24.1 Å². The molecule has 2 heterocycles. The molecule has 1 aliphatic rings. The predicted octanol–water partition coefficient (Wildman–Crippen LogP) is 1.98. The summed E-state index contributed by atoms with van der Waals surface area (Å²) in [6.45, 7) is 0.262. The summed E-state index contributed by atoms with van der Waals surface area (Å²) < 4.78 is 29.0. The van der Waals surface area contributed by atoms with Crippen molar-refractivity contribution in [1.82, 2.24) is 4.57 Å². The van der Waals surface area contributed by atoms with Crippen molar-refractivity contribution in [2.75, 3.05) is 11.4 Å². The minimum absolute atomic E-state index is 0.188. The smallest absolute Gasteiger partial charge is 0.251 e. The normalized spacial score (nSPS) is 21.4. The van der Waals surface area contributed by atoms with Crippen molar-refractivity contribution in [3.63, 3.8) is 0 Å². The molecule has 3 rings (SSSR count). The number of nitrogens with zero attached hydrogens (tertiary/aromatic N) is 2. The maximum atomic E-state index is 14.1. The van der Waals surface area contributed by atoms with Crippen LogP contribution >= 0.6 is 0 Å². The molecule has 1 aromatic heterocycles. The molecule has 2 atom stereocenters. The van der Waals surface area contributed by atoms with Gasteiger partial charge in [0.25, 0.3) is 5.56 Å². The third-order valence-electron chi connectivity index (χ3n) is 4.05. The molecule has 1 fully saturated rings. The average molecular weight is 306 g/mol. The molecule has 0 bridgehead atoms. The topological polar surface area (TPSA) is 45.5 Å². The number of pyridine rings is 1. The van der Waals surface area contributed by atoms with Crippen molar-refractivity contribution in [3.05, 3.63) is 63.9 Å². The number of aromatic nitrogens is 1. The molecular weight excluding hydrogens is 290 g/mol. The Bertz CT molecular complexity index is 760. The van der Waals surface area contributed by atoms with E-state index in [9.17, 15) is 18.7 Å². The lowest BCUT2D eigenvalue weighted by Gasteiger charge is -2.28. The minimum Gasteiger partial charge on any atom is -0.391 e. The quantitative estimate of drug-likeness (QED) is 0.923. The second-order valence-corrected chi connectivity index (χ2v) is 5.50. The van der Waals surface area contributed by atoms with Crippen LogP contribution in [0, 0.1) is 11.6 Å². The highest BCUT2D eigenvalue weighted by Gasteiger charge is 2.35. The van der Waals surface area contributed by atoms with Crippen molar-refractivity contribution < 1.29 is 13.9 Å². The van der Waals surface area contributed by atoms with E-state index in [0.717, 1.165) is 18.2 Å². The van der Waals surface area contributed by atoms with Gasteiger partial charge in [0.1, 0.15) is 17.5 Å². The molecule has 0 radical (unpaired) electrons. The molecule has 4 nitrogen and oxygen atoms in total. The number of halogens is 2. The van der Waals surface area contributed by atoms with Crippen LogP contribution in [0.5, 0.6) is 0 Å². The number of aliphatic hydroxyl groups excluding tert-OH is 1. The van der Waals surface area contributed by atoms with Crippen LogP contribution in [-0.2, 0) is 7.05 Å². The molecule has 0 saturated carbocycles. The first-order chi connectivity index (χ1) is 10.5. The second kappa shape index (κ2) is 5.53. The van der Waals surface area contributed by atoms with E-state index in [-0.39, 0.29) is 24.1 Å². The van der Waals surface area contributed by atoms with Crippen LogP contribution in [0.4, 0.5) is 14.6 Å². The predicted molar refractivity (Wildman–Crippen MR) is 78.8 cm³/mol. The van der Waals surface area contributed by atoms with Gasteiger partial charge in [0.05, 0.1) is 12.1 Å². The van der Waals surface area contributed by atoms with Crippen LogP contribution in [-0.4, -0.2) is 22.3 Å². The maximum absolute atomic E-state index is 14.1. The average Bonchev–Trinajstić information content (AvgIpc) is 2.86. The lowest BCUT2D eigenvalue weighted by Crippen LogP contribution is -2.31. The number of rotatable bonds is 2. The van der Waals surface area contributed by atoms with Gasteiger partial charge < -0.3 is 10.0 Å². The van der Waals surface area contributed by atoms with Gasteiger partial charge >= 0.3 is 0 Å². The fourth-order valence-electron chi connectivity index (χ4n) is 2.97. The first-order valence-electron chi connectivity index (χ1n) is 7.03. The van der Waals surface area contributed by atoms with E-state index in [4.69, 9.17) is 0 Å². The van der Waals surface area contributed by atoms with Crippen molar-refractivity contribution in [3.8, 4) is 0 Å². The second-order valence-electron chi connectivity index (χ2n) is 5.50. The Kier molecular flexibility index (Phi) is 3.70. The van der Waals surface area contributed by atoms with Gasteiger partial charge in [-0.1, -0.05) is 6.07 Å². The van der Waals surface area contributed by atoms with Gasteiger partial charge in [-0.2, -0.15) is 0 Å². The standard InChI is InChI=1S/C16H16F2N2O2/c1-19-15(3-2-4-16(19)22)20-9-11(21)8-14(20)12-7-10(17)5-6-13(12)18/h2-7,11,14,21H,8-9H2,1H3/t11-,14+/m1/s1. The third kappa shape index (κ3) is 2.50. The van der Waals surface area contributed by atoms with Crippen LogP contribution in [0.25, 0.3) is 0 Å². The summed E-state index contributed by atoms with van der Waals surface area (Å²) in [7, 11) is 1.61. The Hall–Kier alpha value is -2.21. The highest BCUT2D eigenvalue weighted by atomic mass is 19.1. The van der Waals surface area contributed by atoms with Gasteiger partial charge in [0.15, 0.2) is 0 Å². The fourth-order valence-corrected chi connectivity index (χ4v) is 2.97. The van der Waals surface area contributed by atoms with E-state index >= 15 is 0 Å². The zero-order chi connectivity index (χ0) is 15.9. The highest BCUT2D eigenvalue weighted by Crippen LogP contribution is 2.36. The monoisotopic (exact) mass is 306 g/mol. The Morgan fingerprint density at radius 2 is 2.00 bits per heavy atom. The molecule has 22 heavy (non-hydrogen) atoms. The Morgan fingerprint density at radius 1 is 1.23 bits per heavy atom. The molecule has 6 heteroatoms.